The standard InChI is InChI=1S/C11H18N4O3/c1-7(10(16)17)4-12-11(18)13-5-9-6-15(3)14-8(9)2/h6-7H,4-5H2,1-3H3,(H,16,17)(H2,12,13,18). The number of carbonyl (C=O) groups is 2. The number of carboxylic acid groups (broad SMARTS) is 1. The number of aryl methyl sites for hydroxylation is 2. The number of nitrogens with zero attached hydrogens (tertiary/aromatic N) is 2. The van der Waals surface area contributed by atoms with Crippen LogP contribution in [0.1, 0.15) is 18.2 Å². The normalized spacial score (nSPS) is 11.9. The summed E-state index contributed by atoms with van der Waals surface area (Å²) in [6.07, 6.45) is 1.83. The van der Waals surface area contributed by atoms with Gasteiger partial charge in [-0.1, -0.05) is 6.92 Å². The molecule has 0 aliphatic carbocycles. The number of aromatic nitrogens is 2. The van der Waals surface area contributed by atoms with Gasteiger partial charge in [-0.05, 0) is 6.92 Å². The van der Waals surface area contributed by atoms with Crippen LogP contribution in [0.25, 0.3) is 0 Å². The van der Waals surface area contributed by atoms with Gasteiger partial charge in [-0.25, -0.2) is 4.79 Å². The summed E-state index contributed by atoms with van der Waals surface area (Å²) in [6, 6.07) is -0.383. The average Bonchev–Trinajstić information content (AvgIpc) is 2.61. The molecule has 3 N–H and O–H groups in total. The zero-order valence-electron chi connectivity index (χ0n) is 10.7. The summed E-state index contributed by atoms with van der Waals surface area (Å²) in [7, 11) is 1.81. The highest BCUT2D eigenvalue weighted by Gasteiger charge is 2.12. The van der Waals surface area contributed by atoms with Crippen LogP contribution in [0, 0.1) is 12.8 Å². The number of carboxylic acids is 1. The van der Waals surface area contributed by atoms with Gasteiger partial charge in [0.25, 0.3) is 0 Å². The molecule has 18 heavy (non-hydrogen) atoms. The van der Waals surface area contributed by atoms with Gasteiger partial charge < -0.3 is 15.7 Å². The van der Waals surface area contributed by atoms with E-state index in [4.69, 9.17) is 5.11 Å². The van der Waals surface area contributed by atoms with Gasteiger partial charge in [0.05, 0.1) is 11.6 Å². The average molecular weight is 254 g/mol. The van der Waals surface area contributed by atoms with Crippen molar-refractivity contribution in [3.8, 4) is 0 Å². The van der Waals surface area contributed by atoms with E-state index in [0.29, 0.717) is 6.54 Å². The predicted molar refractivity (Wildman–Crippen MR) is 65.0 cm³/mol. The topological polar surface area (TPSA) is 96.3 Å². The molecular weight excluding hydrogens is 236 g/mol. The predicted octanol–water partition coefficient (Wildman–Crippen LogP) is 0.248. The molecule has 1 aromatic rings. The third kappa shape index (κ3) is 4.08. The molecule has 1 rings (SSSR count). The molecule has 7 nitrogen and oxygen atoms in total. The maximum absolute atomic E-state index is 11.4. The Bertz CT molecular complexity index is 441. The highest BCUT2D eigenvalue weighted by Crippen LogP contribution is 2.03. The maximum Gasteiger partial charge on any atom is 0.315 e. The fraction of sp³-hybridized carbons (Fsp3) is 0.545. The van der Waals surface area contributed by atoms with Crippen LogP contribution in [0.4, 0.5) is 4.79 Å². The van der Waals surface area contributed by atoms with Gasteiger partial charge in [-0.2, -0.15) is 5.10 Å². The number of urea groups is 1. The molecule has 7 heteroatoms. The first-order chi connectivity index (χ1) is 8.40. The van der Waals surface area contributed by atoms with Crippen LogP contribution in [0.15, 0.2) is 6.20 Å². The fourth-order valence-corrected chi connectivity index (χ4v) is 1.39. The van der Waals surface area contributed by atoms with Gasteiger partial charge in [0.2, 0.25) is 0 Å². The minimum atomic E-state index is -0.932. The lowest BCUT2D eigenvalue weighted by atomic mass is 10.2. The second-order valence-electron chi connectivity index (χ2n) is 4.22. The highest BCUT2D eigenvalue weighted by atomic mass is 16.4. The Morgan fingerprint density at radius 3 is 2.67 bits per heavy atom. The lowest BCUT2D eigenvalue weighted by molar-refractivity contribution is -0.140. The van der Waals surface area contributed by atoms with Crippen molar-refractivity contribution < 1.29 is 14.7 Å². The van der Waals surface area contributed by atoms with Crippen LogP contribution in [-0.4, -0.2) is 33.4 Å². The summed E-state index contributed by atoms with van der Waals surface area (Å²) in [5.41, 5.74) is 1.79. The third-order valence-corrected chi connectivity index (χ3v) is 2.54. The van der Waals surface area contributed by atoms with E-state index in [9.17, 15) is 9.59 Å². The van der Waals surface area contributed by atoms with Crippen molar-refractivity contribution >= 4 is 12.0 Å². The Labute approximate surface area is 105 Å². The van der Waals surface area contributed by atoms with E-state index >= 15 is 0 Å². The molecule has 1 atom stereocenters. The van der Waals surface area contributed by atoms with E-state index in [1.54, 1.807) is 4.68 Å². The SMILES string of the molecule is Cc1nn(C)cc1CNC(=O)NCC(C)C(=O)O. The number of amides is 2. The van der Waals surface area contributed by atoms with Crippen molar-refractivity contribution in [2.45, 2.75) is 20.4 Å². The third-order valence-electron chi connectivity index (χ3n) is 2.54. The minimum absolute atomic E-state index is 0.104. The van der Waals surface area contributed by atoms with Gasteiger partial charge in [-0.3, -0.25) is 9.48 Å². The van der Waals surface area contributed by atoms with Crippen LogP contribution in [0.5, 0.6) is 0 Å². The number of carbonyl (C=O) groups excluding carboxylic acids is 1. The maximum atomic E-state index is 11.4. The molecule has 0 aromatic carbocycles. The summed E-state index contributed by atoms with van der Waals surface area (Å²) >= 11 is 0. The molecule has 0 aliphatic rings. The molecule has 2 amide bonds. The zero-order chi connectivity index (χ0) is 13.7. The number of hydrogen-bond donors (Lipinski definition) is 3. The van der Waals surface area contributed by atoms with Crippen LogP contribution in [0.3, 0.4) is 0 Å². The van der Waals surface area contributed by atoms with Crippen molar-refractivity contribution in [1.82, 2.24) is 20.4 Å². The second kappa shape index (κ2) is 6.04. The lowest BCUT2D eigenvalue weighted by Gasteiger charge is -2.09. The number of aliphatic carboxylic acids is 1. The Hall–Kier alpha value is -2.05. The van der Waals surface area contributed by atoms with Crippen molar-refractivity contribution in [2.75, 3.05) is 6.54 Å². The Kier molecular flexibility index (Phi) is 4.70. The number of nitrogens with one attached hydrogen (secondary N) is 2. The smallest absolute Gasteiger partial charge is 0.315 e. The monoisotopic (exact) mass is 254 g/mol. The van der Waals surface area contributed by atoms with Crippen LogP contribution in [0.2, 0.25) is 0 Å². The molecule has 100 valence electrons. The molecule has 0 saturated heterocycles. The Morgan fingerprint density at radius 2 is 2.17 bits per heavy atom. The van der Waals surface area contributed by atoms with Crippen molar-refractivity contribution in [3.05, 3.63) is 17.5 Å². The van der Waals surface area contributed by atoms with Crippen molar-refractivity contribution in [2.24, 2.45) is 13.0 Å². The molecule has 0 aliphatic heterocycles. The summed E-state index contributed by atoms with van der Waals surface area (Å²) < 4.78 is 1.68. The first kappa shape index (κ1) is 14.0. The first-order valence-corrected chi connectivity index (χ1v) is 5.63. The van der Waals surface area contributed by atoms with Gasteiger partial charge >= 0.3 is 12.0 Å². The van der Waals surface area contributed by atoms with Gasteiger partial charge in [0, 0.05) is 31.9 Å². The van der Waals surface area contributed by atoms with E-state index in [0.717, 1.165) is 11.3 Å². The Morgan fingerprint density at radius 1 is 1.50 bits per heavy atom. The molecule has 0 spiro atoms. The van der Waals surface area contributed by atoms with Crippen LogP contribution in [-0.2, 0) is 18.4 Å². The zero-order valence-corrected chi connectivity index (χ0v) is 10.7. The molecule has 0 saturated carbocycles. The van der Waals surface area contributed by atoms with Crippen molar-refractivity contribution in [1.29, 1.82) is 0 Å². The molecule has 0 bridgehead atoms. The quantitative estimate of drug-likeness (QED) is 0.701. The summed E-state index contributed by atoms with van der Waals surface area (Å²) in [6.45, 7) is 3.87. The van der Waals surface area contributed by atoms with E-state index in [1.807, 2.05) is 20.2 Å². The van der Waals surface area contributed by atoms with Gasteiger partial charge in [-0.15, -0.1) is 0 Å². The summed E-state index contributed by atoms with van der Waals surface area (Å²) in [5.74, 6) is -1.53. The first-order valence-electron chi connectivity index (χ1n) is 5.63. The van der Waals surface area contributed by atoms with Crippen molar-refractivity contribution in [3.63, 3.8) is 0 Å². The Balaban J connectivity index is 2.33. The molecular formula is C11H18N4O3. The van der Waals surface area contributed by atoms with E-state index in [1.165, 1.54) is 6.92 Å². The van der Waals surface area contributed by atoms with Gasteiger partial charge in [0.15, 0.2) is 0 Å². The van der Waals surface area contributed by atoms with Gasteiger partial charge in [0.1, 0.15) is 0 Å². The fourth-order valence-electron chi connectivity index (χ4n) is 1.39. The molecule has 0 fully saturated rings. The molecule has 1 unspecified atom stereocenters. The number of hydrogen-bond acceptors (Lipinski definition) is 3. The van der Waals surface area contributed by atoms with E-state index in [-0.39, 0.29) is 12.6 Å². The molecule has 0 radical (unpaired) electrons. The largest absolute Gasteiger partial charge is 0.481 e. The van der Waals surface area contributed by atoms with E-state index in [2.05, 4.69) is 15.7 Å². The summed E-state index contributed by atoms with van der Waals surface area (Å²) in [5, 5.41) is 18.0. The molecule has 1 aromatic heterocycles. The van der Waals surface area contributed by atoms with Crippen LogP contribution < -0.4 is 10.6 Å². The number of rotatable bonds is 5. The lowest BCUT2D eigenvalue weighted by Crippen LogP contribution is -2.38. The molecule has 1 heterocycles. The highest BCUT2D eigenvalue weighted by molar-refractivity contribution is 5.75. The minimum Gasteiger partial charge on any atom is -0.481 e. The summed E-state index contributed by atoms with van der Waals surface area (Å²) in [4.78, 5) is 22.0. The van der Waals surface area contributed by atoms with E-state index < -0.39 is 11.9 Å². The van der Waals surface area contributed by atoms with Crippen LogP contribution >= 0.6 is 0 Å². The second-order valence-corrected chi connectivity index (χ2v) is 4.22.